The summed E-state index contributed by atoms with van der Waals surface area (Å²) >= 11 is 3.06. The van der Waals surface area contributed by atoms with Gasteiger partial charge in [-0.15, -0.1) is 6.42 Å². The molecule has 0 aliphatic heterocycles. The predicted octanol–water partition coefficient (Wildman–Crippen LogP) is 1.73. The van der Waals surface area contributed by atoms with E-state index in [0.29, 0.717) is 4.47 Å². The van der Waals surface area contributed by atoms with Crippen molar-refractivity contribution < 1.29 is 4.92 Å². The molecule has 0 unspecified atom stereocenters. The van der Waals surface area contributed by atoms with Crippen LogP contribution in [0, 0.1) is 22.5 Å². The first-order valence-corrected chi connectivity index (χ1v) is 3.71. The van der Waals surface area contributed by atoms with Crippen LogP contribution in [0.2, 0.25) is 0 Å². The second kappa shape index (κ2) is 3.32. The molecule has 5 heteroatoms. The van der Waals surface area contributed by atoms with Gasteiger partial charge in [-0.1, -0.05) is 0 Å². The highest BCUT2D eigenvalue weighted by molar-refractivity contribution is 9.10. The van der Waals surface area contributed by atoms with Crippen molar-refractivity contribution in [2.45, 2.75) is 0 Å². The van der Waals surface area contributed by atoms with Crippen molar-refractivity contribution in [3.8, 4) is 12.3 Å². The van der Waals surface area contributed by atoms with Crippen molar-refractivity contribution in [2.24, 2.45) is 0 Å². The summed E-state index contributed by atoms with van der Waals surface area (Å²) in [6, 6.07) is 1.32. The molecule has 0 aromatic carbocycles. The molecule has 0 fully saturated rings. The van der Waals surface area contributed by atoms with Gasteiger partial charge in [0.2, 0.25) is 0 Å². The SMILES string of the molecule is C#Cc1ncc(Br)cc1[N+](=O)[O-]. The summed E-state index contributed by atoms with van der Waals surface area (Å²) in [5.41, 5.74) is -0.116. The Morgan fingerprint density at radius 1 is 1.75 bits per heavy atom. The number of nitrogens with zero attached hydrogens (tertiary/aromatic N) is 2. The highest BCUT2D eigenvalue weighted by Crippen LogP contribution is 2.19. The number of nitro groups is 1. The molecule has 0 aliphatic rings. The van der Waals surface area contributed by atoms with E-state index in [9.17, 15) is 10.1 Å². The van der Waals surface area contributed by atoms with Crippen LogP contribution in [0.1, 0.15) is 5.69 Å². The number of halogens is 1. The Kier molecular flexibility index (Phi) is 2.41. The lowest BCUT2D eigenvalue weighted by Gasteiger charge is -1.94. The third kappa shape index (κ3) is 1.60. The number of aromatic nitrogens is 1. The summed E-state index contributed by atoms with van der Waals surface area (Å²) in [5, 5.41) is 10.4. The summed E-state index contributed by atoms with van der Waals surface area (Å²) in [7, 11) is 0. The van der Waals surface area contributed by atoms with Gasteiger partial charge in [-0.25, -0.2) is 4.98 Å². The molecular formula is C7H3BrN2O2. The Labute approximate surface area is 76.9 Å². The van der Waals surface area contributed by atoms with E-state index in [-0.39, 0.29) is 11.4 Å². The van der Waals surface area contributed by atoms with Crippen LogP contribution in [0.3, 0.4) is 0 Å². The van der Waals surface area contributed by atoms with E-state index in [0.717, 1.165) is 0 Å². The molecule has 1 heterocycles. The maximum absolute atomic E-state index is 10.4. The van der Waals surface area contributed by atoms with Crippen molar-refractivity contribution in [3.05, 3.63) is 32.5 Å². The number of hydrogen-bond acceptors (Lipinski definition) is 3. The molecule has 0 radical (unpaired) electrons. The van der Waals surface area contributed by atoms with Gasteiger partial charge in [0.1, 0.15) is 0 Å². The summed E-state index contributed by atoms with van der Waals surface area (Å²) in [6.45, 7) is 0. The fraction of sp³-hybridized carbons (Fsp3) is 0. The first kappa shape index (κ1) is 8.68. The Bertz CT molecular complexity index is 370. The molecular weight excluding hydrogens is 224 g/mol. The molecule has 0 bridgehead atoms. The highest BCUT2D eigenvalue weighted by Gasteiger charge is 2.13. The minimum Gasteiger partial charge on any atom is -0.258 e. The van der Waals surface area contributed by atoms with Crippen LogP contribution in [0.25, 0.3) is 0 Å². The standard InChI is InChI=1S/C7H3BrN2O2/c1-2-6-7(10(11)12)3-5(8)4-9-6/h1,3-4H. The molecule has 1 aromatic heterocycles. The Morgan fingerprint density at radius 2 is 2.42 bits per heavy atom. The van der Waals surface area contributed by atoms with Crippen LogP contribution in [-0.4, -0.2) is 9.91 Å². The van der Waals surface area contributed by atoms with Gasteiger partial charge in [0.25, 0.3) is 0 Å². The lowest BCUT2D eigenvalue weighted by atomic mass is 10.3. The summed E-state index contributed by atoms with van der Waals surface area (Å²) in [5.74, 6) is 2.13. The van der Waals surface area contributed by atoms with Crippen LogP contribution < -0.4 is 0 Å². The van der Waals surface area contributed by atoms with Gasteiger partial charge in [-0.05, 0) is 21.9 Å². The molecule has 0 saturated heterocycles. The second-order valence-corrected chi connectivity index (χ2v) is 2.84. The number of rotatable bonds is 1. The average Bonchev–Trinajstić information content (AvgIpc) is 2.04. The van der Waals surface area contributed by atoms with Crippen LogP contribution in [0.15, 0.2) is 16.7 Å². The van der Waals surface area contributed by atoms with E-state index in [1.54, 1.807) is 0 Å². The lowest BCUT2D eigenvalue weighted by Crippen LogP contribution is -1.94. The molecule has 1 rings (SSSR count). The smallest absolute Gasteiger partial charge is 0.258 e. The van der Waals surface area contributed by atoms with Gasteiger partial charge in [-0.3, -0.25) is 10.1 Å². The molecule has 1 aromatic rings. The quantitative estimate of drug-likeness (QED) is 0.417. The fourth-order valence-electron chi connectivity index (χ4n) is 0.679. The molecule has 0 atom stereocenters. The Balaban J connectivity index is 3.34. The van der Waals surface area contributed by atoms with E-state index in [2.05, 4.69) is 26.8 Å². The highest BCUT2D eigenvalue weighted by atomic mass is 79.9. The fourth-order valence-corrected chi connectivity index (χ4v) is 0.998. The van der Waals surface area contributed by atoms with Crippen LogP contribution in [0.4, 0.5) is 5.69 Å². The van der Waals surface area contributed by atoms with E-state index < -0.39 is 4.92 Å². The number of terminal acetylenes is 1. The van der Waals surface area contributed by atoms with Gasteiger partial charge in [0, 0.05) is 16.7 Å². The monoisotopic (exact) mass is 226 g/mol. The minimum atomic E-state index is -0.563. The topological polar surface area (TPSA) is 56.0 Å². The van der Waals surface area contributed by atoms with Crippen molar-refractivity contribution >= 4 is 21.6 Å². The molecule has 12 heavy (non-hydrogen) atoms. The maximum Gasteiger partial charge on any atom is 0.304 e. The lowest BCUT2D eigenvalue weighted by molar-refractivity contribution is -0.385. The van der Waals surface area contributed by atoms with Gasteiger partial charge in [-0.2, -0.15) is 0 Å². The Hall–Kier alpha value is -1.41. The van der Waals surface area contributed by atoms with E-state index in [1.165, 1.54) is 12.3 Å². The Morgan fingerprint density at radius 3 is 2.92 bits per heavy atom. The van der Waals surface area contributed by atoms with E-state index >= 15 is 0 Å². The molecule has 0 aliphatic carbocycles. The van der Waals surface area contributed by atoms with Crippen molar-refractivity contribution in [1.29, 1.82) is 0 Å². The zero-order valence-electron chi connectivity index (χ0n) is 5.82. The van der Waals surface area contributed by atoms with Crippen molar-refractivity contribution in [2.75, 3.05) is 0 Å². The van der Waals surface area contributed by atoms with Gasteiger partial charge in [0.05, 0.1) is 4.92 Å². The third-order valence-electron chi connectivity index (χ3n) is 1.17. The first-order chi connectivity index (χ1) is 5.65. The molecule has 0 amide bonds. The zero-order chi connectivity index (χ0) is 9.14. The average molecular weight is 227 g/mol. The number of pyridine rings is 1. The molecule has 0 saturated carbocycles. The van der Waals surface area contributed by atoms with Crippen molar-refractivity contribution in [3.63, 3.8) is 0 Å². The normalized spacial score (nSPS) is 9.00. The third-order valence-corrected chi connectivity index (χ3v) is 1.60. The van der Waals surface area contributed by atoms with E-state index in [4.69, 9.17) is 6.42 Å². The summed E-state index contributed by atoms with van der Waals surface area (Å²) < 4.78 is 0.535. The molecule has 60 valence electrons. The summed E-state index contributed by atoms with van der Waals surface area (Å²) in [4.78, 5) is 13.5. The second-order valence-electron chi connectivity index (χ2n) is 1.92. The zero-order valence-corrected chi connectivity index (χ0v) is 7.41. The summed E-state index contributed by atoms with van der Waals surface area (Å²) in [6.07, 6.45) is 6.43. The van der Waals surface area contributed by atoms with Crippen LogP contribution >= 0.6 is 15.9 Å². The molecule has 0 spiro atoms. The maximum atomic E-state index is 10.4. The van der Waals surface area contributed by atoms with Crippen LogP contribution in [0.5, 0.6) is 0 Å². The predicted molar refractivity (Wildman–Crippen MR) is 46.5 cm³/mol. The van der Waals surface area contributed by atoms with Crippen LogP contribution in [-0.2, 0) is 0 Å². The minimum absolute atomic E-state index is 0.0446. The van der Waals surface area contributed by atoms with Crippen molar-refractivity contribution in [1.82, 2.24) is 4.98 Å². The first-order valence-electron chi connectivity index (χ1n) is 2.91. The van der Waals surface area contributed by atoms with E-state index in [1.807, 2.05) is 0 Å². The molecule has 4 nitrogen and oxygen atoms in total. The molecule has 0 N–H and O–H groups in total. The van der Waals surface area contributed by atoms with Gasteiger partial charge >= 0.3 is 5.69 Å². The largest absolute Gasteiger partial charge is 0.304 e. The number of hydrogen-bond donors (Lipinski definition) is 0. The van der Waals surface area contributed by atoms with Gasteiger partial charge in [0.15, 0.2) is 5.69 Å². The van der Waals surface area contributed by atoms with Gasteiger partial charge < -0.3 is 0 Å².